The van der Waals surface area contributed by atoms with Crippen molar-refractivity contribution < 1.29 is 14.6 Å². The Labute approximate surface area is 129 Å². The Kier molecular flexibility index (Phi) is 3.28. The van der Waals surface area contributed by atoms with Gasteiger partial charge in [0.05, 0.1) is 0 Å². The highest BCUT2D eigenvalue weighted by Gasteiger charge is 2.21. The number of phenols is 1. The minimum Gasteiger partial charge on any atom is -0.506 e. The van der Waals surface area contributed by atoms with Crippen LogP contribution in [0.25, 0.3) is 21.5 Å². The van der Waals surface area contributed by atoms with Crippen molar-refractivity contribution >= 4 is 27.5 Å². The van der Waals surface area contributed by atoms with Crippen LogP contribution in [0.2, 0.25) is 0 Å². The van der Waals surface area contributed by atoms with Crippen LogP contribution in [-0.2, 0) is 4.74 Å². The number of benzene rings is 3. The van der Waals surface area contributed by atoms with E-state index in [9.17, 15) is 9.90 Å². The molecular weight excluding hydrogens is 276 g/mol. The van der Waals surface area contributed by atoms with E-state index >= 15 is 0 Å². The first-order valence-electron chi connectivity index (χ1n) is 7.23. The fraction of sp³-hybridized carbons (Fsp3) is 0.211. The molecule has 0 fully saturated rings. The maximum atomic E-state index is 12.2. The molecule has 1 N–H and O–H groups in total. The molecule has 3 aromatic carbocycles. The Hall–Kier alpha value is -2.55. The Morgan fingerprint density at radius 1 is 0.909 bits per heavy atom. The predicted octanol–water partition coefficient (Wildman–Crippen LogP) is 4.65. The number of fused-ring (bicyclic) bond motifs is 3. The molecule has 0 heterocycles. The van der Waals surface area contributed by atoms with Crippen LogP contribution in [-0.4, -0.2) is 16.7 Å². The van der Waals surface area contributed by atoms with Gasteiger partial charge in [-0.2, -0.15) is 0 Å². The molecule has 0 spiro atoms. The van der Waals surface area contributed by atoms with E-state index in [1.165, 1.54) is 0 Å². The predicted molar refractivity (Wildman–Crippen MR) is 88.3 cm³/mol. The molecule has 0 saturated carbocycles. The molecule has 0 aliphatic rings. The van der Waals surface area contributed by atoms with Crippen molar-refractivity contribution in [3.8, 4) is 5.75 Å². The van der Waals surface area contributed by atoms with Crippen LogP contribution >= 0.6 is 0 Å². The summed E-state index contributed by atoms with van der Waals surface area (Å²) < 4.78 is 5.34. The minimum absolute atomic E-state index is 0.0301. The molecule has 3 aromatic rings. The first-order valence-corrected chi connectivity index (χ1v) is 7.23. The van der Waals surface area contributed by atoms with E-state index in [1.807, 2.05) is 42.5 Å². The van der Waals surface area contributed by atoms with Crippen molar-refractivity contribution in [1.82, 2.24) is 0 Å². The van der Waals surface area contributed by atoms with Crippen molar-refractivity contribution in [2.24, 2.45) is 0 Å². The van der Waals surface area contributed by atoms with Crippen molar-refractivity contribution in [3.05, 3.63) is 54.1 Å². The summed E-state index contributed by atoms with van der Waals surface area (Å²) in [5.74, 6) is -0.544. The van der Waals surface area contributed by atoms with Crippen molar-refractivity contribution in [1.29, 1.82) is 0 Å². The molecule has 0 radical (unpaired) electrons. The Balaban J connectivity index is 2.18. The van der Waals surface area contributed by atoms with Gasteiger partial charge in [0.25, 0.3) is 0 Å². The zero-order valence-electron chi connectivity index (χ0n) is 12.9. The van der Waals surface area contributed by atoms with Gasteiger partial charge in [0, 0.05) is 5.39 Å². The van der Waals surface area contributed by atoms with Gasteiger partial charge in [-0.1, -0.05) is 36.4 Å². The first-order chi connectivity index (χ1) is 10.4. The van der Waals surface area contributed by atoms with Gasteiger partial charge in [-0.3, -0.25) is 0 Å². The third kappa shape index (κ3) is 2.50. The SMILES string of the molecule is CC(C)(C)OC(=O)c1ccc2c(ccc3ccccc32)c1O. The van der Waals surface area contributed by atoms with Crippen molar-refractivity contribution in [2.75, 3.05) is 0 Å². The highest BCUT2D eigenvalue weighted by Crippen LogP contribution is 2.34. The van der Waals surface area contributed by atoms with Gasteiger partial charge in [0.1, 0.15) is 16.9 Å². The Bertz CT molecular complexity index is 873. The van der Waals surface area contributed by atoms with E-state index in [1.54, 1.807) is 26.8 Å². The number of carbonyl (C=O) groups is 1. The van der Waals surface area contributed by atoms with Crippen LogP contribution in [0.4, 0.5) is 0 Å². The quantitative estimate of drug-likeness (QED) is 0.524. The molecule has 22 heavy (non-hydrogen) atoms. The Morgan fingerprint density at radius 2 is 1.59 bits per heavy atom. The lowest BCUT2D eigenvalue weighted by atomic mass is 9.99. The standard InChI is InChI=1S/C19H18O3/c1-19(2,3)22-18(21)16-11-10-14-13-7-5-4-6-12(13)8-9-15(14)17(16)20/h4-11,20H,1-3H3. The van der Waals surface area contributed by atoms with Gasteiger partial charge in [-0.05, 0) is 49.1 Å². The van der Waals surface area contributed by atoms with Crippen LogP contribution in [0.15, 0.2) is 48.5 Å². The van der Waals surface area contributed by atoms with E-state index in [0.717, 1.165) is 16.2 Å². The molecule has 0 aliphatic carbocycles. The average Bonchev–Trinajstić information content (AvgIpc) is 2.45. The van der Waals surface area contributed by atoms with Gasteiger partial charge in [0.15, 0.2) is 0 Å². The number of ether oxygens (including phenoxy) is 1. The summed E-state index contributed by atoms with van der Waals surface area (Å²) in [6.07, 6.45) is 0. The molecule has 3 rings (SSSR count). The third-order valence-corrected chi connectivity index (χ3v) is 3.52. The highest BCUT2D eigenvalue weighted by molar-refractivity contribution is 6.12. The molecule has 0 amide bonds. The largest absolute Gasteiger partial charge is 0.506 e. The molecule has 0 unspecified atom stereocenters. The number of hydrogen-bond acceptors (Lipinski definition) is 3. The summed E-state index contributed by atoms with van der Waals surface area (Å²) in [7, 11) is 0. The van der Waals surface area contributed by atoms with E-state index in [4.69, 9.17) is 4.74 Å². The van der Waals surface area contributed by atoms with Crippen molar-refractivity contribution in [2.45, 2.75) is 26.4 Å². The van der Waals surface area contributed by atoms with E-state index in [2.05, 4.69) is 0 Å². The Morgan fingerprint density at radius 3 is 2.32 bits per heavy atom. The van der Waals surface area contributed by atoms with Crippen LogP contribution in [0.3, 0.4) is 0 Å². The molecule has 3 heteroatoms. The lowest BCUT2D eigenvalue weighted by molar-refractivity contribution is 0.00671. The number of hydrogen-bond donors (Lipinski definition) is 1. The zero-order chi connectivity index (χ0) is 15.9. The summed E-state index contributed by atoms with van der Waals surface area (Å²) in [6, 6.07) is 15.2. The van der Waals surface area contributed by atoms with E-state index < -0.39 is 11.6 Å². The summed E-state index contributed by atoms with van der Waals surface area (Å²) in [5.41, 5.74) is -0.403. The molecule has 3 nitrogen and oxygen atoms in total. The van der Waals surface area contributed by atoms with Gasteiger partial charge >= 0.3 is 5.97 Å². The summed E-state index contributed by atoms with van der Waals surface area (Å²) in [6.45, 7) is 5.41. The van der Waals surface area contributed by atoms with Gasteiger partial charge in [-0.15, -0.1) is 0 Å². The molecule has 0 saturated heterocycles. The smallest absolute Gasteiger partial charge is 0.342 e. The second-order valence-corrected chi connectivity index (χ2v) is 6.35. The fourth-order valence-electron chi connectivity index (χ4n) is 2.57. The fourth-order valence-corrected chi connectivity index (χ4v) is 2.57. The van der Waals surface area contributed by atoms with Crippen LogP contribution < -0.4 is 0 Å². The topological polar surface area (TPSA) is 46.5 Å². The third-order valence-electron chi connectivity index (χ3n) is 3.52. The normalized spacial score (nSPS) is 11.8. The highest BCUT2D eigenvalue weighted by atomic mass is 16.6. The average molecular weight is 294 g/mol. The molecule has 0 atom stereocenters. The number of carbonyl (C=O) groups excluding carboxylic acids is 1. The lowest BCUT2D eigenvalue weighted by Crippen LogP contribution is -2.23. The second-order valence-electron chi connectivity index (χ2n) is 6.35. The van der Waals surface area contributed by atoms with Crippen LogP contribution in [0.1, 0.15) is 31.1 Å². The van der Waals surface area contributed by atoms with Crippen LogP contribution in [0.5, 0.6) is 5.75 Å². The zero-order valence-corrected chi connectivity index (χ0v) is 12.9. The van der Waals surface area contributed by atoms with Gasteiger partial charge < -0.3 is 9.84 Å². The molecule has 112 valence electrons. The van der Waals surface area contributed by atoms with E-state index in [-0.39, 0.29) is 11.3 Å². The number of aromatic hydroxyl groups is 1. The second kappa shape index (κ2) is 5.02. The lowest BCUT2D eigenvalue weighted by Gasteiger charge is -2.20. The van der Waals surface area contributed by atoms with Gasteiger partial charge in [0.2, 0.25) is 0 Å². The molecule has 0 bridgehead atoms. The van der Waals surface area contributed by atoms with Crippen LogP contribution in [0, 0.1) is 0 Å². The number of esters is 1. The van der Waals surface area contributed by atoms with E-state index in [0.29, 0.717) is 5.39 Å². The van der Waals surface area contributed by atoms with Crippen molar-refractivity contribution in [3.63, 3.8) is 0 Å². The number of rotatable bonds is 1. The minimum atomic E-state index is -0.595. The maximum Gasteiger partial charge on any atom is 0.342 e. The molecule has 0 aromatic heterocycles. The summed E-state index contributed by atoms with van der Waals surface area (Å²) in [5, 5.41) is 14.2. The molecular formula is C19H18O3. The summed E-state index contributed by atoms with van der Waals surface area (Å²) >= 11 is 0. The van der Waals surface area contributed by atoms with Gasteiger partial charge in [-0.25, -0.2) is 4.79 Å². The molecule has 0 aliphatic heterocycles. The summed E-state index contributed by atoms with van der Waals surface area (Å²) in [4.78, 5) is 12.2. The monoisotopic (exact) mass is 294 g/mol. The maximum absolute atomic E-state index is 12.2. The first kappa shape index (κ1) is 14.4. The number of phenolic OH excluding ortho intramolecular Hbond substituents is 1.